The third-order valence-electron chi connectivity index (χ3n) is 4.27. The molecule has 0 N–H and O–H groups in total. The van der Waals surface area contributed by atoms with Gasteiger partial charge in [-0.1, -0.05) is 42.5 Å². The number of hydrogen-bond donors (Lipinski definition) is 0. The average Bonchev–Trinajstić information content (AvgIpc) is 2.60. The number of nitrogens with zero attached hydrogens (tertiary/aromatic N) is 1. The summed E-state index contributed by atoms with van der Waals surface area (Å²) in [5.74, 6) is 1.36. The number of methoxy groups -OCH3 is 1. The van der Waals surface area contributed by atoms with Crippen molar-refractivity contribution >= 4 is 11.5 Å². The van der Waals surface area contributed by atoms with Gasteiger partial charge in [0.05, 0.1) is 13.7 Å². The number of ether oxygens (including phenoxy) is 1. The first-order valence-corrected chi connectivity index (χ1v) is 7.96. The van der Waals surface area contributed by atoms with Crippen LogP contribution in [0.3, 0.4) is 0 Å². The maximum absolute atomic E-state index is 12.1. The van der Waals surface area contributed by atoms with E-state index in [0.717, 1.165) is 17.9 Å². The van der Waals surface area contributed by atoms with Crippen LogP contribution in [0.4, 0.5) is 0 Å². The molecule has 3 rings (SSSR count). The molecule has 2 aromatic carbocycles. The van der Waals surface area contributed by atoms with Crippen LogP contribution < -0.4 is 4.74 Å². The molecule has 23 heavy (non-hydrogen) atoms. The van der Waals surface area contributed by atoms with Crippen LogP contribution in [-0.2, 0) is 11.3 Å². The highest BCUT2D eigenvalue weighted by Crippen LogP contribution is 2.31. The van der Waals surface area contributed by atoms with Crippen LogP contribution in [0.1, 0.15) is 36.3 Å². The van der Waals surface area contributed by atoms with Gasteiger partial charge in [-0.3, -0.25) is 9.79 Å². The summed E-state index contributed by atoms with van der Waals surface area (Å²) < 4.78 is 5.20. The highest BCUT2D eigenvalue weighted by Gasteiger charge is 2.25. The number of carbonyl (C=O) groups excluding carboxylic acids is 1. The number of rotatable bonds is 4. The van der Waals surface area contributed by atoms with E-state index in [-0.39, 0.29) is 11.7 Å². The smallest absolute Gasteiger partial charge is 0.139 e. The second-order valence-electron chi connectivity index (χ2n) is 5.96. The lowest BCUT2D eigenvalue weighted by molar-refractivity contribution is -0.118. The van der Waals surface area contributed by atoms with Crippen molar-refractivity contribution in [1.29, 1.82) is 0 Å². The Balaban J connectivity index is 1.72. The van der Waals surface area contributed by atoms with E-state index in [9.17, 15) is 4.79 Å². The molecule has 118 valence electrons. The number of aliphatic imine (C=N–C) groups is 1. The number of ketones is 1. The van der Waals surface area contributed by atoms with Gasteiger partial charge in [-0.2, -0.15) is 0 Å². The first-order chi connectivity index (χ1) is 11.2. The topological polar surface area (TPSA) is 38.7 Å². The zero-order chi connectivity index (χ0) is 16.1. The summed E-state index contributed by atoms with van der Waals surface area (Å²) in [6, 6.07) is 18.2. The molecule has 0 amide bonds. The zero-order valence-electron chi connectivity index (χ0n) is 13.4. The van der Waals surface area contributed by atoms with Gasteiger partial charge in [-0.25, -0.2) is 0 Å². The molecule has 0 spiro atoms. The van der Waals surface area contributed by atoms with Gasteiger partial charge in [-0.15, -0.1) is 0 Å². The number of Topliss-reactive ketones (excluding diaryl/α,β-unsaturated/α-hetero) is 1. The molecule has 0 saturated heterocycles. The molecule has 3 heteroatoms. The summed E-state index contributed by atoms with van der Waals surface area (Å²) in [7, 11) is 1.66. The Labute approximate surface area is 137 Å². The van der Waals surface area contributed by atoms with E-state index >= 15 is 0 Å². The van der Waals surface area contributed by atoms with Crippen molar-refractivity contribution in [1.82, 2.24) is 0 Å². The SMILES string of the molecule is COc1ccc([C@H]2CC(=O)CC(=NCc3ccccc3)C2)cc1. The predicted octanol–water partition coefficient (Wildman–Crippen LogP) is 4.17. The fourth-order valence-corrected chi connectivity index (χ4v) is 3.02. The largest absolute Gasteiger partial charge is 0.497 e. The molecule has 0 aromatic heterocycles. The van der Waals surface area contributed by atoms with Crippen molar-refractivity contribution in [3.05, 3.63) is 65.7 Å². The van der Waals surface area contributed by atoms with Gasteiger partial charge >= 0.3 is 0 Å². The van der Waals surface area contributed by atoms with Crippen molar-refractivity contribution in [2.24, 2.45) is 4.99 Å². The Hall–Kier alpha value is -2.42. The van der Waals surface area contributed by atoms with E-state index in [1.165, 1.54) is 11.1 Å². The van der Waals surface area contributed by atoms with E-state index in [4.69, 9.17) is 4.74 Å². The van der Waals surface area contributed by atoms with Crippen LogP contribution in [0.5, 0.6) is 5.75 Å². The second-order valence-corrected chi connectivity index (χ2v) is 5.96. The summed E-state index contributed by atoms with van der Waals surface area (Å²) in [5.41, 5.74) is 3.39. The summed E-state index contributed by atoms with van der Waals surface area (Å²) >= 11 is 0. The molecular weight excluding hydrogens is 286 g/mol. The van der Waals surface area contributed by atoms with Gasteiger partial charge in [0.15, 0.2) is 0 Å². The van der Waals surface area contributed by atoms with Crippen molar-refractivity contribution < 1.29 is 9.53 Å². The van der Waals surface area contributed by atoms with Crippen molar-refractivity contribution in [3.8, 4) is 5.75 Å². The fourth-order valence-electron chi connectivity index (χ4n) is 3.02. The highest BCUT2D eigenvalue weighted by atomic mass is 16.5. The second kappa shape index (κ2) is 7.23. The Bertz CT molecular complexity index is 689. The van der Waals surface area contributed by atoms with Crippen molar-refractivity contribution in [2.75, 3.05) is 7.11 Å². The average molecular weight is 307 g/mol. The van der Waals surface area contributed by atoms with Gasteiger partial charge < -0.3 is 4.74 Å². The minimum absolute atomic E-state index is 0.233. The van der Waals surface area contributed by atoms with Gasteiger partial charge in [0.25, 0.3) is 0 Å². The molecule has 2 aromatic rings. The highest BCUT2D eigenvalue weighted by molar-refractivity contribution is 6.05. The minimum Gasteiger partial charge on any atom is -0.497 e. The van der Waals surface area contributed by atoms with Gasteiger partial charge in [0.1, 0.15) is 11.5 Å². The molecule has 1 aliphatic carbocycles. The lowest BCUT2D eigenvalue weighted by Gasteiger charge is -2.23. The number of benzene rings is 2. The number of carbonyl (C=O) groups is 1. The molecule has 0 bridgehead atoms. The van der Waals surface area contributed by atoms with E-state index in [1.807, 2.05) is 30.3 Å². The molecule has 1 saturated carbocycles. The van der Waals surface area contributed by atoms with Gasteiger partial charge in [0.2, 0.25) is 0 Å². The van der Waals surface area contributed by atoms with Crippen LogP contribution in [0.2, 0.25) is 0 Å². The predicted molar refractivity (Wildman–Crippen MR) is 92.2 cm³/mol. The molecule has 0 aliphatic heterocycles. The maximum atomic E-state index is 12.1. The van der Waals surface area contributed by atoms with Crippen molar-refractivity contribution in [3.63, 3.8) is 0 Å². The van der Waals surface area contributed by atoms with E-state index in [0.29, 0.717) is 19.4 Å². The molecule has 1 aliphatic rings. The molecule has 0 radical (unpaired) electrons. The Morgan fingerprint density at radius 3 is 2.48 bits per heavy atom. The monoisotopic (exact) mass is 307 g/mol. The van der Waals surface area contributed by atoms with Gasteiger partial charge in [-0.05, 0) is 35.6 Å². The van der Waals surface area contributed by atoms with E-state index in [1.54, 1.807) is 7.11 Å². The lowest BCUT2D eigenvalue weighted by atomic mass is 9.82. The first-order valence-electron chi connectivity index (χ1n) is 7.96. The van der Waals surface area contributed by atoms with Crippen molar-refractivity contribution in [2.45, 2.75) is 31.7 Å². The quantitative estimate of drug-likeness (QED) is 0.850. The van der Waals surface area contributed by atoms with E-state index < -0.39 is 0 Å². The number of hydrogen-bond acceptors (Lipinski definition) is 3. The zero-order valence-corrected chi connectivity index (χ0v) is 13.4. The summed E-state index contributed by atoms with van der Waals surface area (Å²) in [6.45, 7) is 0.652. The molecule has 0 unspecified atom stereocenters. The molecular formula is C20H21NO2. The fraction of sp³-hybridized carbons (Fsp3) is 0.300. The third-order valence-corrected chi connectivity index (χ3v) is 4.27. The summed E-state index contributed by atoms with van der Waals surface area (Å²) in [4.78, 5) is 16.8. The molecule has 3 nitrogen and oxygen atoms in total. The Morgan fingerprint density at radius 2 is 1.78 bits per heavy atom. The standard InChI is InChI=1S/C20H21NO2/c1-23-20-9-7-16(8-10-20)17-11-18(13-19(22)12-17)21-14-15-5-3-2-4-6-15/h2-10,17H,11-14H2,1H3/t17-/m1/s1. The molecule has 1 fully saturated rings. The van der Waals surface area contributed by atoms with Crippen LogP contribution in [-0.4, -0.2) is 18.6 Å². The van der Waals surface area contributed by atoms with Crippen LogP contribution >= 0.6 is 0 Å². The first kappa shape index (κ1) is 15.5. The lowest BCUT2D eigenvalue weighted by Crippen LogP contribution is -2.21. The van der Waals surface area contributed by atoms with Crippen LogP contribution in [0.15, 0.2) is 59.6 Å². The Morgan fingerprint density at radius 1 is 1.04 bits per heavy atom. The summed E-state index contributed by atoms with van der Waals surface area (Å²) in [5, 5.41) is 0. The third kappa shape index (κ3) is 4.07. The molecule has 0 heterocycles. The van der Waals surface area contributed by atoms with Crippen LogP contribution in [0.25, 0.3) is 0 Å². The maximum Gasteiger partial charge on any atom is 0.139 e. The minimum atomic E-state index is 0.233. The normalized spacial score (nSPS) is 19.8. The van der Waals surface area contributed by atoms with Crippen LogP contribution in [0, 0.1) is 0 Å². The summed E-state index contributed by atoms with van der Waals surface area (Å²) in [6.07, 6.45) is 1.97. The van der Waals surface area contributed by atoms with Gasteiger partial charge in [0, 0.05) is 18.6 Å². The Kier molecular flexibility index (Phi) is 4.86. The molecule has 1 atom stereocenters. The van der Waals surface area contributed by atoms with E-state index in [2.05, 4.69) is 29.3 Å².